The van der Waals surface area contributed by atoms with Crippen LogP contribution in [0.5, 0.6) is 0 Å². The summed E-state index contributed by atoms with van der Waals surface area (Å²) in [6.07, 6.45) is 6.87. The number of hydrogen-bond donors (Lipinski definition) is 2. The number of rotatable bonds is 5. The van der Waals surface area contributed by atoms with Gasteiger partial charge in [0.2, 0.25) is 5.95 Å². The molecule has 0 spiro atoms. The molecular weight excluding hydrogens is 418 g/mol. The molecule has 9 nitrogen and oxygen atoms in total. The zero-order valence-corrected chi connectivity index (χ0v) is 18.4. The molecule has 168 valence electrons. The number of fused-ring (bicyclic) bond motifs is 3. The molecule has 0 saturated carbocycles. The third kappa shape index (κ3) is 4.09. The van der Waals surface area contributed by atoms with E-state index in [4.69, 9.17) is 0 Å². The molecule has 2 aromatic heterocycles. The monoisotopic (exact) mass is 443 g/mol. The van der Waals surface area contributed by atoms with Crippen LogP contribution in [0.2, 0.25) is 0 Å². The Labute approximate surface area is 191 Å². The van der Waals surface area contributed by atoms with E-state index in [0.29, 0.717) is 47.4 Å². The van der Waals surface area contributed by atoms with Gasteiger partial charge in [-0.2, -0.15) is 4.98 Å². The molecule has 2 aliphatic heterocycles. The SMILES string of the molecule is CCNc1ncc2c(n1)N1CCCC1CN(c1cccc(C(=O)Nc3cccnc3)c1)C2=O. The summed E-state index contributed by atoms with van der Waals surface area (Å²) in [6, 6.07) is 10.8. The van der Waals surface area contributed by atoms with Crippen molar-refractivity contribution in [3.05, 3.63) is 66.1 Å². The van der Waals surface area contributed by atoms with Crippen LogP contribution in [0.3, 0.4) is 0 Å². The van der Waals surface area contributed by atoms with Gasteiger partial charge in [-0.25, -0.2) is 4.98 Å². The number of aromatic nitrogens is 3. The number of anilines is 4. The van der Waals surface area contributed by atoms with Gasteiger partial charge < -0.3 is 20.4 Å². The van der Waals surface area contributed by atoms with Crippen LogP contribution in [-0.2, 0) is 0 Å². The standard InChI is InChI=1S/C24H25N7O2/c1-2-26-24-27-14-20-21(29-24)30-11-5-9-19(30)15-31(23(20)33)18-8-3-6-16(12-18)22(32)28-17-7-4-10-25-13-17/h3-4,6-8,10,12-14,19H,2,5,9,11,15H2,1H3,(H,28,32)(H,26,27,29). The summed E-state index contributed by atoms with van der Waals surface area (Å²) in [7, 11) is 0. The molecular formula is C24H25N7O2. The van der Waals surface area contributed by atoms with Crippen molar-refractivity contribution in [2.75, 3.05) is 40.1 Å². The first-order valence-electron chi connectivity index (χ1n) is 11.1. The molecule has 33 heavy (non-hydrogen) atoms. The van der Waals surface area contributed by atoms with Crippen LogP contribution in [0.25, 0.3) is 0 Å². The summed E-state index contributed by atoms with van der Waals surface area (Å²) in [6.45, 7) is 4.07. The van der Waals surface area contributed by atoms with Gasteiger partial charge in [0.1, 0.15) is 11.4 Å². The number of pyridine rings is 1. The van der Waals surface area contributed by atoms with Gasteiger partial charge in [0.25, 0.3) is 11.8 Å². The summed E-state index contributed by atoms with van der Waals surface area (Å²) in [5.41, 5.74) is 2.24. The van der Waals surface area contributed by atoms with Crippen LogP contribution < -0.4 is 20.4 Å². The molecule has 0 aliphatic carbocycles. The van der Waals surface area contributed by atoms with Gasteiger partial charge in [-0.3, -0.25) is 14.6 Å². The lowest BCUT2D eigenvalue weighted by molar-refractivity contribution is 0.0985. The van der Waals surface area contributed by atoms with E-state index in [1.54, 1.807) is 53.8 Å². The Kier molecular flexibility index (Phi) is 5.60. The van der Waals surface area contributed by atoms with Gasteiger partial charge in [-0.05, 0) is 50.1 Å². The summed E-state index contributed by atoms with van der Waals surface area (Å²) in [4.78, 5) is 43.4. The minimum absolute atomic E-state index is 0.160. The first-order valence-corrected chi connectivity index (χ1v) is 11.1. The second kappa shape index (κ2) is 8.85. The summed E-state index contributed by atoms with van der Waals surface area (Å²) in [5.74, 6) is 0.791. The van der Waals surface area contributed by atoms with Crippen molar-refractivity contribution in [1.82, 2.24) is 15.0 Å². The van der Waals surface area contributed by atoms with E-state index in [1.807, 2.05) is 13.0 Å². The second-order valence-corrected chi connectivity index (χ2v) is 8.11. The highest BCUT2D eigenvalue weighted by Gasteiger charge is 2.37. The van der Waals surface area contributed by atoms with Gasteiger partial charge in [-0.1, -0.05) is 6.07 Å². The highest BCUT2D eigenvalue weighted by Crippen LogP contribution is 2.34. The summed E-state index contributed by atoms with van der Waals surface area (Å²) < 4.78 is 0. The number of nitrogens with one attached hydrogen (secondary N) is 2. The molecule has 4 heterocycles. The Bertz CT molecular complexity index is 1180. The van der Waals surface area contributed by atoms with Gasteiger partial charge in [0.05, 0.1) is 11.9 Å². The molecule has 0 radical (unpaired) electrons. The van der Waals surface area contributed by atoms with Crippen LogP contribution in [0.4, 0.5) is 23.1 Å². The van der Waals surface area contributed by atoms with Crippen LogP contribution in [0, 0.1) is 0 Å². The molecule has 2 amide bonds. The topological polar surface area (TPSA) is 103 Å². The van der Waals surface area contributed by atoms with E-state index in [2.05, 4.69) is 30.5 Å². The number of carbonyl (C=O) groups excluding carboxylic acids is 2. The predicted molar refractivity (Wildman–Crippen MR) is 127 cm³/mol. The van der Waals surface area contributed by atoms with Crippen molar-refractivity contribution in [2.45, 2.75) is 25.8 Å². The number of hydrogen-bond acceptors (Lipinski definition) is 7. The molecule has 1 aromatic carbocycles. The van der Waals surface area contributed by atoms with E-state index in [9.17, 15) is 9.59 Å². The summed E-state index contributed by atoms with van der Waals surface area (Å²) >= 11 is 0. The fraction of sp³-hybridized carbons (Fsp3) is 0.292. The molecule has 1 atom stereocenters. The average molecular weight is 444 g/mol. The number of carbonyl (C=O) groups is 2. The maximum absolute atomic E-state index is 13.6. The van der Waals surface area contributed by atoms with E-state index in [1.165, 1.54) is 0 Å². The lowest BCUT2D eigenvalue weighted by atomic mass is 10.1. The fourth-order valence-corrected chi connectivity index (χ4v) is 4.41. The first kappa shape index (κ1) is 20.9. The molecule has 1 unspecified atom stereocenters. The van der Waals surface area contributed by atoms with Crippen molar-refractivity contribution >= 4 is 35.0 Å². The molecule has 9 heteroatoms. The predicted octanol–water partition coefficient (Wildman–Crippen LogP) is 3.18. The van der Waals surface area contributed by atoms with Crippen molar-refractivity contribution in [3.8, 4) is 0 Å². The minimum atomic E-state index is -0.256. The van der Waals surface area contributed by atoms with Gasteiger partial charge >= 0.3 is 0 Å². The number of nitrogens with zero attached hydrogens (tertiary/aromatic N) is 5. The Morgan fingerprint density at radius 3 is 2.94 bits per heavy atom. The van der Waals surface area contributed by atoms with E-state index < -0.39 is 0 Å². The fourth-order valence-electron chi connectivity index (χ4n) is 4.41. The quantitative estimate of drug-likeness (QED) is 0.624. The molecule has 0 bridgehead atoms. The third-order valence-electron chi connectivity index (χ3n) is 5.96. The van der Waals surface area contributed by atoms with E-state index >= 15 is 0 Å². The Morgan fingerprint density at radius 2 is 2.12 bits per heavy atom. The van der Waals surface area contributed by atoms with Gasteiger partial charge in [0.15, 0.2) is 0 Å². The second-order valence-electron chi connectivity index (χ2n) is 8.11. The third-order valence-corrected chi connectivity index (χ3v) is 5.96. The van der Waals surface area contributed by atoms with Crippen LogP contribution in [-0.4, -0.2) is 52.4 Å². The van der Waals surface area contributed by atoms with Gasteiger partial charge in [-0.15, -0.1) is 0 Å². The normalized spacial score (nSPS) is 17.2. The molecule has 2 aliphatic rings. The van der Waals surface area contributed by atoms with Crippen LogP contribution >= 0.6 is 0 Å². The van der Waals surface area contributed by atoms with E-state index in [0.717, 1.165) is 19.4 Å². The van der Waals surface area contributed by atoms with Crippen LogP contribution in [0.15, 0.2) is 55.0 Å². The van der Waals surface area contributed by atoms with E-state index in [-0.39, 0.29) is 17.9 Å². The Morgan fingerprint density at radius 1 is 1.21 bits per heavy atom. The molecule has 3 aromatic rings. The minimum Gasteiger partial charge on any atom is -0.354 e. The lowest BCUT2D eigenvalue weighted by Gasteiger charge is -2.27. The smallest absolute Gasteiger partial charge is 0.263 e. The van der Waals surface area contributed by atoms with Crippen molar-refractivity contribution in [1.29, 1.82) is 0 Å². The van der Waals surface area contributed by atoms with Gasteiger partial charge in [0, 0.05) is 49.3 Å². The maximum atomic E-state index is 13.6. The largest absolute Gasteiger partial charge is 0.354 e. The Balaban J connectivity index is 1.47. The number of benzene rings is 1. The van der Waals surface area contributed by atoms with Crippen molar-refractivity contribution in [2.24, 2.45) is 0 Å². The van der Waals surface area contributed by atoms with Crippen molar-refractivity contribution < 1.29 is 9.59 Å². The lowest BCUT2D eigenvalue weighted by Crippen LogP contribution is -2.39. The van der Waals surface area contributed by atoms with Crippen LogP contribution in [0.1, 0.15) is 40.5 Å². The molecule has 1 saturated heterocycles. The average Bonchev–Trinajstić information content (AvgIpc) is 3.27. The molecule has 5 rings (SSSR count). The van der Waals surface area contributed by atoms with Crippen molar-refractivity contribution in [3.63, 3.8) is 0 Å². The Hall–Kier alpha value is -4.01. The molecule has 1 fully saturated rings. The first-order chi connectivity index (χ1) is 16.1. The highest BCUT2D eigenvalue weighted by atomic mass is 16.2. The number of amides is 2. The zero-order valence-electron chi connectivity index (χ0n) is 18.4. The molecule has 2 N–H and O–H groups in total. The maximum Gasteiger partial charge on any atom is 0.263 e. The zero-order chi connectivity index (χ0) is 22.8. The summed E-state index contributed by atoms with van der Waals surface area (Å²) in [5, 5.41) is 5.98. The highest BCUT2D eigenvalue weighted by molar-refractivity contribution is 6.11.